The third-order valence-electron chi connectivity index (χ3n) is 8.22. The molecule has 2 aromatic rings. The van der Waals surface area contributed by atoms with Crippen molar-refractivity contribution >= 4 is 23.6 Å². The predicted octanol–water partition coefficient (Wildman–Crippen LogP) is 7.82. The lowest BCUT2D eigenvalue weighted by Crippen LogP contribution is -2.41. The summed E-state index contributed by atoms with van der Waals surface area (Å²) in [5.74, 6) is 0.108. The van der Waals surface area contributed by atoms with E-state index in [-0.39, 0.29) is 5.91 Å². The SMILES string of the molecule is CC.CCC1CCN(Cc2ccc(C(=O)NC(CCSC)C(=O)O)c(-c3ccccc3C)c2)C1.COC1CCCCC1. The second-order valence-corrected chi connectivity index (χ2v) is 12.1. The highest BCUT2D eigenvalue weighted by Crippen LogP contribution is 2.30. The Kier molecular flexibility index (Phi) is 16.9. The number of methoxy groups -OCH3 is 1. The average Bonchev–Trinajstić information content (AvgIpc) is 3.48. The van der Waals surface area contributed by atoms with Gasteiger partial charge in [0.1, 0.15) is 6.04 Å². The van der Waals surface area contributed by atoms with Crippen LogP contribution in [0.4, 0.5) is 0 Å². The second kappa shape index (κ2) is 19.8. The van der Waals surface area contributed by atoms with Gasteiger partial charge in [0.25, 0.3) is 5.91 Å². The number of nitrogens with one attached hydrogen (secondary N) is 1. The fourth-order valence-corrected chi connectivity index (χ4v) is 6.13. The van der Waals surface area contributed by atoms with Crippen LogP contribution in [0.1, 0.15) is 93.6 Å². The molecule has 1 aliphatic heterocycles. The Labute approximate surface area is 259 Å². The lowest BCUT2D eigenvalue weighted by Gasteiger charge is -2.20. The number of likely N-dealkylation sites (tertiary alicyclic amines) is 1. The molecule has 4 rings (SSSR count). The van der Waals surface area contributed by atoms with Gasteiger partial charge < -0.3 is 15.2 Å². The topological polar surface area (TPSA) is 78.9 Å². The van der Waals surface area contributed by atoms with Gasteiger partial charge in [0.15, 0.2) is 0 Å². The van der Waals surface area contributed by atoms with Crippen LogP contribution in [0.2, 0.25) is 0 Å². The van der Waals surface area contributed by atoms with Gasteiger partial charge in [-0.05, 0) is 91.5 Å². The summed E-state index contributed by atoms with van der Waals surface area (Å²) in [7, 11) is 1.82. The molecule has 7 heteroatoms. The Morgan fingerprint density at radius 3 is 2.36 bits per heavy atom. The number of aryl methyl sites for hydroxylation is 1. The Morgan fingerprint density at radius 1 is 1.07 bits per heavy atom. The normalized spacial score (nSPS) is 17.8. The smallest absolute Gasteiger partial charge is 0.326 e. The van der Waals surface area contributed by atoms with Crippen molar-refractivity contribution in [3.8, 4) is 11.1 Å². The van der Waals surface area contributed by atoms with Crippen LogP contribution in [0.5, 0.6) is 0 Å². The number of carbonyl (C=O) groups excluding carboxylic acids is 1. The van der Waals surface area contributed by atoms with E-state index in [9.17, 15) is 14.7 Å². The highest BCUT2D eigenvalue weighted by Gasteiger charge is 2.24. The van der Waals surface area contributed by atoms with Gasteiger partial charge in [-0.15, -0.1) is 0 Å². The zero-order chi connectivity index (χ0) is 30.9. The molecule has 2 atom stereocenters. The summed E-state index contributed by atoms with van der Waals surface area (Å²) >= 11 is 1.57. The molecule has 1 saturated heterocycles. The first kappa shape index (κ1) is 35.8. The van der Waals surface area contributed by atoms with Gasteiger partial charge in [0.05, 0.1) is 6.10 Å². The van der Waals surface area contributed by atoms with E-state index in [2.05, 4.69) is 23.2 Å². The number of thioether (sulfide) groups is 1. The molecule has 42 heavy (non-hydrogen) atoms. The molecule has 0 spiro atoms. The maximum Gasteiger partial charge on any atom is 0.326 e. The van der Waals surface area contributed by atoms with E-state index in [1.807, 2.05) is 70.5 Å². The first-order chi connectivity index (χ1) is 20.4. The van der Waals surface area contributed by atoms with Crippen LogP contribution in [-0.4, -0.2) is 66.2 Å². The van der Waals surface area contributed by atoms with Crippen LogP contribution in [0.25, 0.3) is 11.1 Å². The van der Waals surface area contributed by atoms with Crippen LogP contribution in [0.3, 0.4) is 0 Å². The lowest BCUT2D eigenvalue weighted by atomic mass is 9.93. The summed E-state index contributed by atoms with van der Waals surface area (Å²) in [6, 6.07) is 13.1. The fourth-order valence-electron chi connectivity index (χ4n) is 5.66. The first-order valence-corrected chi connectivity index (χ1v) is 17.2. The monoisotopic (exact) mass is 598 g/mol. The maximum absolute atomic E-state index is 13.2. The minimum absolute atomic E-state index is 0.337. The number of hydrogen-bond donors (Lipinski definition) is 2. The lowest BCUT2D eigenvalue weighted by molar-refractivity contribution is -0.139. The molecule has 0 radical (unpaired) electrons. The molecular formula is C35H54N2O4S. The Bertz CT molecular complexity index is 1090. The molecule has 1 amide bonds. The highest BCUT2D eigenvalue weighted by atomic mass is 32.2. The summed E-state index contributed by atoms with van der Waals surface area (Å²) in [5.41, 5.74) is 4.64. The molecule has 2 aliphatic rings. The second-order valence-electron chi connectivity index (χ2n) is 11.1. The summed E-state index contributed by atoms with van der Waals surface area (Å²) in [6.45, 7) is 11.4. The molecule has 0 bridgehead atoms. The van der Waals surface area contributed by atoms with E-state index in [0.717, 1.165) is 42.2 Å². The van der Waals surface area contributed by atoms with Crippen LogP contribution in [0, 0.1) is 12.8 Å². The average molecular weight is 599 g/mol. The third kappa shape index (κ3) is 11.4. The molecule has 2 aromatic carbocycles. The molecule has 1 aliphatic carbocycles. The number of benzene rings is 2. The van der Waals surface area contributed by atoms with Crippen molar-refractivity contribution in [3.05, 3.63) is 59.2 Å². The molecule has 0 aromatic heterocycles. The predicted molar refractivity (Wildman–Crippen MR) is 177 cm³/mol. The maximum atomic E-state index is 13.2. The minimum Gasteiger partial charge on any atom is -0.480 e. The summed E-state index contributed by atoms with van der Waals surface area (Å²) < 4.78 is 5.19. The van der Waals surface area contributed by atoms with Crippen molar-refractivity contribution < 1.29 is 19.4 Å². The molecule has 2 fully saturated rings. The molecule has 2 unspecified atom stereocenters. The molecular weight excluding hydrogens is 544 g/mol. The van der Waals surface area contributed by atoms with E-state index in [1.165, 1.54) is 50.5 Å². The van der Waals surface area contributed by atoms with E-state index in [1.54, 1.807) is 11.8 Å². The van der Waals surface area contributed by atoms with Gasteiger partial charge >= 0.3 is 5.97 Å². The number of aliphatic carboxylic acids is 1. The zero-order valence-corrected chi connectivity index (χ0v) is 27.6. The summed E-state index contributed by atoms with van der Waals surface area (Å²) in [5, 5.41) is 12.3. The van der Waals surface area contributed by atoms with E-state index < -0.39 is 12.0 Å². The summed E-state index contributed by atoms with van der Waals surface area (Å²) in [4.78, 5) is 27.3. The number of ether oxygens (including phenoxy) is 1. The Balaban J connectivity index is 0.000000525. The van der Waals surface area contributed by atoms with Gasteiger partial charge in [-0.25, -0.2) is 4.79 Å². The van der Waals surface area contributed by atoms with Crippen molar-refractivity contribution in [1.29, 1.82) is 0 Å². The number of amides is 1. The largest absolute Gasteiger partial charge is 0.480 e. The van der Waals surface area contributed by atoms with E-state index in [4.69, 9.17) is 4.74 Å². The Morgan fingerprint density at radius 2 is 1.79 bits per heavy atom. The zero-order valence-electron chi connectivity index (χ0n) is 26.8. The van der Waals surface area contributed by atoms with E-state index in [0.29, 0.717) is 23.8 Å². The van der Waals surface area contributed by atoms with Crippen LogP contribution >= 0.6 is 11.8 Å². The van der Waals surface area contributed by atoms with Crippen molar-refractivity contribution in [2.24, 2.45) is 5.92 Å². The molecule has 1 heterocycles. The number of carboxylic acids is 1. The van der Waals surface area contributed by atoms with Crippen LogP contribution < -0.4 is 5.32 Å². The number of hydrogen-bond acceptors (Lipinski definition) is 5. The van der Waals surface area contributed by atoms with Gasteiger partial charge in [0.2, 0.25) is 0 Å². The Hall–Kier alpha value is -2.35. The molecule has 1 saturated carbocycles. The molecule has 2 N–H and O–H groups in total. The highest BCUT2D eigenvalue weighted by molar-refractivity contribution is 7.98. The molecule has 234 valence electrons. The number of nitrogens with zero attached hydrogens (tertiary/aromatic N) is 1. The first-order valence-electron chi connectivity index (χ1n) is 15.8. The molecule has 6 nitrogen and oxygen atoms in total. The number of carboxylic acid groups (broad SMARTS) is 1. The standard InChI is InChI=1S/C26H34N2O3S.C7H14O.C2H6/c1-4-19-11-13-28(16-19)17-20-9-10-22(23(15-20)21-8-6-5-7-18(21)2)25(29)27-24(26(30)31)12-14-32-3;1-8-7-5-3-2-4-6-7;1-2/h5-10,15,19,24H,4,11-14,16-17H2,1-3H3,(H,27,29)(H,30,31);7H,2-6H2,1H3;1-2H3. The number of carbonyl (C=O) groups is 2. The van der Waals surface area contributed by atoms with Crippen LogP contribution in [0.15, 0.2) is 42.5 Å². The van der Waals surface area contributed by atoms with Crippen molar-refractivity contribution in [1.82, 2.24) is 10.2 Å². The van der Waals surface area contributed by atoms with Gasteiger partial charge in [-0.3, -0.25) is 9.69 Å². The van der Waals surface area contributed by atoms with Crippen molar-refractivity contribution in [2.45, 2.75) is 97.8 Å². The van der Waals surface area contributed by atoms with Crippen LogP contribution in [-0.2, 0) is 16.1 Å². The third-order valence-corrected chi connectivity index (χ3v) is 8.86. The van der Waals surface area contributed by atoms with Gasteiger partial charge in [-0.2, -0.15) is 11.8 Å². The fraction of sp³-hybridized carbons (Fsp3) is 0.600. The van der Waals surface area contributed by atoms with E-state index >= 15 is 0 Å². The van der Waals surface area contributed by atoms with Gasteiger partial charge in [-0.1, -0.05) is 76.8 Å². The number of rotatable bonds is 11. The van der Waals surface area contributed by atoms with Crippen molar-refractivity contribution in [2.75, 3.05) is 32.2 Å². The van der Waals surface area contributed by atoms with Crippen molar-refractivity contribution in [3.63, 3.8) is 0 Å². The quantitative estimate of drug-likeness (QED) is 0.275. The minimum atomic E-state index is -0.999. The van der Waals surface area contributed by atoms with Gasteiger partial charge in [0, 0.05) is 25.8 Å². The summed E-state index contributed by atoms with van der Waals surface area (Å²) in [6.07, 6.45) is 12.1.